The first kappa shape index (κ1) is 28.1. The highest BCUT2D eigenvalue weighted by atomic mass is 19.1. The predicted molar refractivity (Wildman–Crippen MR) is 152 cm³/mol. The van der Waals surface area contributed by atoms with E-state index in [1.165, 1.54) is 0 Å². The zero-order chi connectivity index (χ0) is 28.9. The van der Waals surface area contributed by atoms with Crippen LogP contribution in [0.3, 0.4) is 0 Å². The molecule has 4 aromatic rings. The molecule has 0 fully saturated rings. The van der Waals surface area contributed by atoms with Crippen molar-refractivity contribution < 1.29 is 18.7 Å². The SMILES string of the molecule is COc1ccc([C@@H](Nc2nc(Nc3ccc4ncccc4c3)c(C#N)cc2F)[C@H](C)NC(=O)OC(C)(C)C)cc1. The average Bonchev–Trinajstić information content (AvgIpc) is 2.91. The van der Waals surface area contributed by atoms with E-state index in [9.17, 15) is 10.1 Å². The Balaban J connectivity index is 1.66. The number of carbonyl (C=O) groups excluding carboxylic acids is 1. The second-order valence-electron chi connectivity index (χ2n) is 10.2. The van der Waals surface area contributed by atoms with Crippen LogP contribution in [-0.2, 0) is 4.74 Å². The summed E-state index contributed by atoms with van der Waals surface area (Å²) >= 11 is 0. The van der Waals surface area contributed by atoms with Crippen LogP contribution in [0.5, 0.6) is 5.75 Å². The van der Waals surface area contributed by atoms with Gasteiger partial charge in [-0.2, -0.15) is 5.26 Å². The first-order valence-corrected chi connectivity index (χ1v) is 12.7. The van der Waals surface area contributed by atoms with Gasteiger partial charge in [0.25, 0.3) is 0 Å². The van der Waals surface area contributed by atoms with Gasteiger partial charge in [-0.1, -0.05) is 18.2 Å². The molecule has 0 spiro atoms. The molecule has 0 saturated heterocycles. The number of halogens is 1. The summed E-state index contributed by atoms with van der Waals surface area (Å²) in [6.45, 7) is 7.09. The van der Waals surface area contributed by atoms with Crippen molar-refractivity contribution in [2.45, 2.75) is 45.4 Å². The number of pyridine rings is 2. The van der Waals surface area contributed by atoms with E-state index >= 15 is 4.39 Å². The van der Waals surface area contributed by atoms with Crippen LogP contribution in [0.2, 0.25) is 0 Å². The predicted octanol–water partition coefficient (Wildman–Crippen LogP) is 6.46. The summed E-state index contributed by atoms with van der Waals surface area (Å²) in [5.74, 6) is 0.0151. The second kappa shape index (κ2) is 11.9. The lowest BCUT2D eigenvalue weighted by atomic mass is 10.00. The normalized spacial score (nSPS) is 12.6. The molecule has 4 rings (SSSR count). The number of aromatic nitrogens is 2. The van der Waals surface area contributed by atoms with E-state index in [4.69, 9.17) is 9.47 Å². The number of nitrogens with one attached hydrogen (secondary N) is 3. The minimum atomic E-state index is -0.715. The standard InChI is InChI=1S/C30H31FN6O3/c1-18(34-29(38)40-30(2,3)4)26(19-8-11-23(39-5)12-9-19)36-28-24(31)16-21(17-32)27(37-28)35-22-10-13-25-20(15-22)7-6-14-33-25/h6-16,18,26H,1-5H3,(H,34,38)(H2,35,36,37)/t18-,26-/m0/s1. The maximum Gasteiger partial charge on any atom is 0.407 e. The molecule has 2 atom stereocenters. The van der Waals surface area contributed by atoms with Crippen LogP contribution in [0.25, 0.3) is 10.9 Å². The fourth-order valence-electron chi connectivity index (χ4n) is 4.09. The van der Waals surface area contributed by atoms with Gasteiger partial charge >= 0.3 is 6.09 Å². The number of carbonyl (C=O) groups is 1. The summed E-state index contributed by atoms with van der Waals surface area (Å²) in [4.78, 5) is 21.3. The largest absolute Gasteiger partial charge is 0.497 e. The van der Waals surface area contributed by atoms with Gasteiger partial charge in [0.1, 0.15) is 17.4 Å². The lowest BCUT2D eigenvalue weighted by molar-refractivity contribution is 0.0503. The minimum Gasteiger partial charge on any atom is -0.497 e. The highest BCUT2D eigenvalue weighted by molar-refractivity contribution is 5.83. The van der Waals surface area contributed by atoms with Gasteiger partial charge in [0.15, 0.2) is 17.5 Å². The zero-order valence-corrected chi connectivity index (χ0v) is 22.9. The number of hydrogen-bond acceptors (Lipinski definition) is 8. The number of nitriles is 1. The molecule has 0 bridgehead atoms. The smallest absolute Gasteiger partial charge is 0.407 e. The molecule has 40 heavy (non-hydrogen) atoms. The zero-order valence-electron chi connectivity index (χ0n) is 22.9. The fraction of sp³-hybridized carbons (Fsp3) is 0.267. The molecule has 0 saturated carbocycles. The van der Waals surface area contributed by atoms with Crippen molar-refractivity contribution in [1.82, 2.24) is 15.3 Å². The molecule has 0 radical (unpaired) electrons. The van der Waals surface area contributed by atoms with Crippen molar-refractivity contribution >= 4 is 34.3 Å². The van der Waals surface area contributed by atoms with E-state index in [1.54, 1.807) is 53.1 Å². The number of hydrogen-bond donors (Lipinski definition) is 3. The van der Waals surface area contributed by atoms with Crippen LogP contribution in [0.15, 0.2) is 66.9 Å². The van der Waals surface area contributed by atoms with Gasteiger partial charge in [-0.05, 0) is 75.7 Å². The Morgan fingerprint density at radius 1 is 1.07 bits per heavy atom. The van der Waals surface area contributed by atoms with Gasteiger partial charge in [-0.3, -0.25) is 4.98 Å². The topological polar surface area (TPSA) is 121 Å². The first-order valence-electron chi connectivity index (χ1n) is 12.7. The Labute approximate surface area is 232 Å². The van der Waals surface area contributed by atoms with E-state index in [-0.39, 0.29) is 17.2 Å². The molecule has 206 valence electrons. The van der Waals surface area contributed by atoms with E-state index in [0.29, 0.717) is 11.4 Å². The van der Waals surface area contributed by atoms with Gasteiger partial charge in [0, 0.05) is 17.3 Å². The molecule has 9 nitrogen and oxygen atoms in total. The third-order valence-electron chi connectivity index (χ3n) is 5.97. The van der Waals surface area contributed by atoms with Crippen LogP contribution < -0.4 is 20.7 Å². The molecule has 3 N–H and O–H groups in total. The average molecular weight is 543 g/mol. The molecular formula is C30H31FN6O3. The van der Waals surface area contributed by atoms with E-state index < -0.39 is 29.6 Å². The molecule has 0 unspecified atom stereocenters. The summed E-state index contributed by atoms with van der Waals surface area (Å²) in [7, 11) is 1.56. The third-order valence-corrected chi connectivity index (χ3v) is 5.97. The Morgan fingerprint density at radius 2 is 1.82 bits per heavy atom. The summed E-state index contributed by atoms with van der Waals surface area (Å²) < 4.78 is 25.9. The number of fused-ring (bicyclic) bond motifs is 1. The quantitative estimate of drug-likeness (QED) is 0.232. The van der Waals surface area contributed by atoms with Gasteiger partial charge in [-0.15, -0.1) is 0 Å². The molecular weight excluding hydrogens is 511 g/mol. The van der Waals surface area contributed by atoms with Crippen molar-refractivity contribution in [1.29, 1.82) is 5.26 Å². The molecule has 10 heteroatoms. The summed E-state index contributed by atoms with van der Waals surface area (Å²) in [5, 5.41) is 19.6. The lowest BCUT2D eigenvalue weighted by Gasteiger charge is -2.29. The Hall–Kier alpha value is -4.91. The summed E-state index contributed by atoms with van der Waals surface area (Å²) in [6.07, 6.45) is 1.10. The highest BCUT2D eigenvalue weighted by Crippen LogP contribution is 2.29. The number of rotatable bonds is 8. The molecule has 0 aliphatic heterocycles. The van der Waals surface area contributed by atoms with E-state index in [1.807, 2.05) is 48.5 Å². The van der Waals surface area contributed by atoms with Gasteiger partial charge in [-0.25, -0.2) is 14.2 Å². The number of nitrogens with zero attached hydrogens (tertiary/aromatic N) is 3. The highest BCUT2D eigenvalue weighted by Gasteiger charge is 2.26. The number of anilines is 3. The molecule has 2 aromatic carbocycles. The lowest BCUT2D eigenvalue weighted by Crippen LogP contribution is -2.42. The molecule has 0 aliphatic carbocycles. The minimum absolute atomic E-state index is 0.0373. The second-order valence-corrected chi connectivity index (χ2v) is 10.2. The van der Waals surface area contributed by atoms with Crippen LogP contribution in [0, 0.1) is 17.1 Å². The Morgan fingerprint density at radius 3 is 2.50 bits per heavy atom. The van der Waals surface area contributed by atoms with Crippen LogP contribution >= 0.6 is 0 Å². The maximum absolute atomic E-state index is 15.3. The van der Waals surface area contributed by atoms with Crippen molar-refractivity contribution in [3.63, 3.8) is 0 Å². The number of benzene rings is 2. The van der Waals surface area contributed by atoms with Crippen molar-refractivity contribution in [3.8, 4) is 11.8 Å². The van der Waals surface area contributed by atoms with Crippen molar-refractivity contribution in [3.05, 3.63) is 83.8 Å². The van der Waals surface area contributed by atoms with Gasteiger partial charge in [0.2, 0.25) is 0 Å². The van der Waals surface area contributed by atoms with Gasteiger partial charge in [0.05, 0.1) is 30.3 Å². The van der Waals surface area contributed by atoms with Crippen molar-refractivity contribution in [2.24, 2.45) is 0 Å². The van der Waals surface area contributed by atoms with E-state index in [2.05, 4.69) is 25.9 Å². The monoisotopic (exact) mass is 542 g/mol. The summed E-state index contributed by atoms with van der Waals surface area (Å²) in [5.41, 5.74) is 1.57. The number of amides is 1. The molecule has 1 amide bonds. The third kappa shape index (κ3) is 6.94. The molecule has 2 aromatic heterocycles. The molecule has 2 heterocycles. The van der Waals surface area contributed by atoms with Crippen LogP contribution in [0.1, 0.15) is 44.9 Å². The number of alkyl carbamates (subject to hydrolysis) is 1. The summed E-state index contributed by atoms with van der Waals surface area (Å²) in [6, 6.07) is 18.4. The Kier molecular flexibility index (Phi) is 8.34. The fourth-order valence-corrected chi connectivity index (χ4v) is 4.09. The van der Waals surface area contributed by atoms with E-state index in [0.717, 1.165) is 22.5 Å². The molecule has 0 aliphatic rings. The van der Waals surface area contributed by atoms with Gasteiger partial charge < -0.3 is 25.4 Å². The Bertz CT molecular complexity index is 1550. The van der Waals surface area contributed by atoms with Crippen molar-refractivity contribution in [2.75, 3.05) is 17.7 Å². The number of ether oxygens (including phenoxy) is 2. The van der Waals surface area contributed by atoms with Crippen LogP contribution in [-0.4, -0.2) is 34.8 Å². The first-order chi connectivity index (χ1) is 19.1. The van der Waals surface area contributed by atoms with Crippen LogP contribution in [0.4, 0.5) is 26.5 Å². The number of methoxy groups -OCH3 is 1. The maximum atomic E-state index is 15.3.